The van der Waals surface area contributed by atoms with E-state index in [0.717, 1.165) is 22.6 Å². The van der Waals surface area contributed by atoms with Gasteiger partial charge in [-0.15, -0.1) is 23.2 Å². The van der Waals surface area contributed by atoms with Crippen molar-refractivity contribution < 1.29 is 4.52 Å². The normalized spacial score (nSPS) is 13.9. The highest BCUT2D eigenvalue weighted by Crippen LogP contribution is 2.45. The summed E-state index contributed by atoms with van der Waals surface area (Å²) in [5.41, 5.74) is 2.66. The van der Waals surface area contributed by atoms with Crippen LogP contribution < -0.4 is 0 Å². The molecule has 102 valence electrons. The van der Waals surface area contributed by atoms with Crippen LogP contribution in [0, 0.1) is 0 Å². The Labute approximate surface area is 127 Å². The first kappa shape index (κ1) is 14.7. The SMILES string of the molecule is CCl.ClCc1c(-c2ccccc2Cl)noc1C1CC1. The van der Waals surface area contributed by atoms with E-state index in [9.17, 15) is 0 Å². The number of hydrogen-bond acceptors (Lipinski definition) is 2. The molecule has 1 aromatic carbocycles. The highest BCUT2D eigenvalue weighted by atomic mass is 35.5. The van der Waals surface area contributed by atoms with Gasteiger partial charge in [0.15, 0.2) is 0 Å². The fourth-order valence-electron chi connectivity index (χ4n) is 1.98. The molecule has 19 heavy (non-hydrogen) atoms. The molecule has 0 N–H and O–H groups in total. The molecule has 1 aliphatic rings. The Balaban J connectivity index is 0.000000637. The highest BCUT2D eigenvalue weighted by Gasteiger charge is 2.32. The van der Waals surface area contributed by atoms with E-state index in [0.29, 0.717) is 16.8 Å². The number of rotatable bonds is 3. The van der Waals surface area contributed by atoms with Crippen molar-refractivity contribution in [2.75, 3.05) is 6.38 Å². The molecule has 0 amide bonds. The van der Waals surface area contributed by atoms with Crippen LogP contribution in [0.15, 0.2) is 28.8 Å². The molecule has 1 fully saturated rings. The van der Waals surface area contributed by atoms with Gasteiger partial charge in [0, 0.05) is 23.4 Å². The average Bonchev–Trinajstić information content (AvgIpc) is 3.21. The van der Waals surface area contributed by atoms with Gasteiger partial charge in [0.25, 0.3) is 0 Å². The van der Waals surface area contributed by atoms with Crippen molar-refractivity contribution in [3.63, 3.8) is 0 Å². The molecule has 0 bridgehead atoms. The van der Waals surface area contributed by atoms with Crippen molar-refractivity contribution in [2.24, 2.45) is 0 Å². The van der Waals surface area contributed by atoms with Crippen LogP contribution in [0.1, 0.15) is 30.1 Å². The van der Waals surface area contributed by atoms with Gasteiger partial charge < -0.3 is 4.52 Å². The molecule has 1 heterocycles. The molecule has 2 aromatic rings. The summed E-state index contributed by atoms with van der Waals surface area (Å²) in [6, 6.07) is 7.62. The monoisotopic (exact) mass is 317 g/mol. The Kier molecular flexibility index (Phi) is 5.14. The van der Waals surface area contributed by atoms with Gasteiger partial charge in [-0.3, -0.25) is 0 Å². The summed E-state index contributed by atoms with van der Waals surface area (Å²) in [6.07, 6.45) is 3.81. The van der Waals surface area contributed by atoms with E-state index >= 15 is 0 Å². The van der Waals surface area contributed by atoms with Crippen LogP contribution in [-0.4, -0.2) is 11.5 Å². The predicted octanol–water partition coefficient (Wildman–Crippen LogP) is 5.47. The Hall–Kier alpha value is -0.700. The fourth-order valence-corrected chi connectivity index (χ4v) is 2.47. The van der Waals surface area contributed by atoms with Crippen molar-refractivity contribution >= 4 is 34.8 Å². The number of alkyl halides is 2. The van der Waals surface area contributed by atoms with Crippen molar-refractivity contribution in [1.82, 2.24) is 5.16 Å². The quantitative estimate of drug-likeness (QED) is 0.702. The molecule has 0 unspecified atom stereocenters. The van der Waals surface area contributed by atoms with Crippen LogP contribution in [0.2, 0.25) is 5.02 Å². The summed E-state index contributed by atoms with van der Waals surface area (Å²) in [7, 11) is 0. The van der Waals surface area contributed by atoms with Gasteiger partial charge in [-0.25, -0.2) is 0 Å². The minimum atomic E-state index is 0.413. The van der Waals surface area contributed by atoms with Crippen molar-refractivity contribution in [2.45, 2.75) is 24.6 Å². The summed E-state index contributed by atoms with van der Waals surface area (Å²) >= 11 is 16.8. The Morgan fingerprint density at radius 1 is 1.26 bits per heavy atom. The second kappa shape index (κ2) is 6.65. The average molecular weight is 319 g/mol. The Bertz CT molecular complexity index is 549. The molecule has 0 saturated heterocycles. The molecule has 3 rings (SSSR count). The highest BCUT2D eigenvalue weighted by molar-refractivity contribution is 6.33. The smallest absolute Gasteiger partial charge is 0.144 e. The Morgan fingerprint density at radius 2 is 1.95 bits per heavy atom. The van der Waals surface area contributed by atoms with Crippen molar-refractivity contribution in [3.8, 4) is 11.3 Å². The summed E-state index contributed by atoms with van der Waals surface area (Å²) in [6.45, 7) is 0. The summed E-state index contributed by atoms with van der Waals surface area (Å²) < 4.78 is 5.43. The van der Waals surface area contributed by atoms with Gasteiger partial charge in [0.05, 0.1) is 10.9 Å². The lowest BCUT2D eigenvalue weighted by atomic mass is 10.1. The molecule has 0 atom stereocenters. The van der Waals surface area contributed by atoms with Gasteiger partial charge in [-0.05, 0) is 18.9 Å². The van der Waals surface area contributed by atoms with Crippen LogP contribution in [0.4, 0.5) is 0 Å². The van der Waals surface area contributed by atoms with Gasteiger partial charge in [0.2, 0.25) is 0 Å². The first-order valence-corrected chi connectivity index (χ1v) is 7.65. The van der Waals surface area contributed by atoms with E-state index in [1.54, 1.807) is 0 Å². The molecule has 0 radical (unpaired) electrons. The van der Waals surface area contributed by atoms with Gasteiger partial charge in [0.1, 0.15) is 11.5 Å². The lowest BCUT2D eigenvalue weighted by Gasteiger charge is -2.01. The van der Waals surface area contributed by atoms with Gasteiger partial charge >= 0.3 is 0 Å². The fraction of sp³-hybridized carbons (Fsp3) is 0.357. The van der Waals surface area contributed by atoms with Gasteiger partial charge in [-0.2, -0.15) is 0 Å². The zero-order chi connectivity index (χ0) is 13.8. The van der Waals surface area contributed by atoms with Crippen LogP contribution in [0.5, 0.6) is 0 Å². The first-order chi connectivity index (χ1) is 9.31. The van der Waals surface area contributed by atoms with Crippen molar-refractivity contribution in [3.05, 3.63) is 40.6 Å². The summed E-state index contributed by atoms with van der Waals surface area (Å²) in [5, 5.41) is 4.81. The van der Waals surface area contributed by atoms with E-state index in [2.05, 4.69) is 16.8 Å². The van der Waals surface area contributed by atoms with Gasteiger partial charge in [-0.1, -0.05) is 35.0 Å². The summed E-state index contributed by atoms with van der Waals surface area (Å²) in [5.74, 6) is 1.86. The molecule has 0 spiro atoms. The predicted molar refractivity (Wildman–Crippen MR) is 80.3 cm³/mol. The number of hydrogen-bond donors (Lipinski definition) is 0. The maximum Gasteiger partial charge on any atom is 0.144 e. The van der Waals surface area contributed by atoms with Crippen LogP contribution >= 0.6 is 34.8 Å². The minimum absolute atomic E-state index is 0.413. The second-order valence-corrected chi connectivity index (χ2v) is 4.94. The standard InChI is InChI=1S/C13H11Cl2NO.CH3Cl/c14-7-10-12(9-3-1-2-4-11(9)15)16-17-13(10)8-5-6-8;1-2/h1-4,8H,5-7H2;1H3. The molecule has 5 heteroatoms. The minimum Gasteiger partial charge on any atom is -0.360 e. The van der Waals surface area contributed by atoms with Crippen LogP contribution in [0.25, 0.3) is 11.3 Å². The molecule has 1 saturated carbocycles. The van der Waals surface area contributed by atoms with E-state index in [1.165, 1.54) is 19.2 Å². The van der Waals surface area contributed by atoms with Crippen LogP contribution in [-0.2, 0) is 5.88 Å². The lowest BCUT2D eigenvalue weighted by Crippen LogP contribution is -1.87. The molecule has 0 aliphatic heterocycles. The number of benzene rings is 1. The zero-order valence-corrected chi connectivity index (χ0v) is 12.8. The number of aromatic nitrogens is 1. The van der Waals surface area contributed by atoms with E-state index < -0.39 is 0 Å². The summed E-state index contributed by atoms with van der Waals surface area (Å²) in [4.78, 5) is 0. The first-order valence-electron chi connectivity index (χ1n) is 5.98. The molecule has 1 aromatic heterocycles. The third-order valence-electron chi connectivity index (χ3n) is 3.03. The molecular weight excluding hydrogens is 305 g/mol. The topological polar surface area (TPSA) is 26.0 Å². The van der Waals surface area contributed by atoms with E-state index in [1.807, 2.05) is 24.3 Å². The largest absolute Gasteiger partial charge is 0.360 e. The van der Waals surface area contributed by atoms with Crippen molar-refractivity contribution in [1.29, 1.82) is 0 Å². The molecule has 1 aliphatic carbocycles. The molecule has 2 nitrogen and oxygen atoms in total. The maximum atomic E-state index is 6.17. The lowest BCUT2D eigenvalue weighted by molar-refractivity contribution is 0.385. The second-order valence-electron chi connectivity index (χ2n) is 4.26. The van der Waals surface area contributed by atoms with Crippen LogP contribution in [0.3, 0.4) is 0 Å². The third kappa shape index (κ3) is 3.07. The maximum absolute atomic E-state index is 6.17. The Morgan fingerprint density at radius 3 is 2.53 bits per heavy atom. The zero-order valence-electron chi connectivity index (χ0n) is 10.5. The molecular formula is C14H14Cl3NO. The van der Waals surface area contributed by atoms with E-state index in [4.69, 9.17) is 27.7 Å². The number of nitrogens with zero attached hydrogens (tertiary/aromatic N) is 1. The third-order valence-corrected chi connectivity index (χ3v) is 3.63. The van der Waals surface area contributed by atoms with E-state index in [-0.39, 0.29) is 0 Å². The number of halogens is 3.